The van der Waals surface area contributed by atoms with E-state index in [2.05, 4.69) is 4.74 Å². The molecule has 0 aliphatic carbocycles. The van der Waals surface area contributed by atoms with Crippen LogP contribution in [0.15, 0.2) is 35.2 Å². The first-order chi connectivity index (χ1) is 9.04. The zero-order chi connectivity index (χ0) is 14.3. The smallest absolute Gasteiger partial charge is 0.346 e. The van der Waals surface area contributed by atoms with E-state index in [4.69, 9.17) is 0 Å². The van der Waals surface area contributed by atoms with E-state index in [1.807, 2.05) is 13.0 Å². The third-order valence-electron chi connectivity index (χ3n) is 2.71. The molecule has 1 rings (SSSR count). The number of esters is 1. The van der Waals surface area contributed by atoms with E-state index in [9.17, 15) is 14.7 Å². The highest BCUT2D eigenvalue weighted by atomic mass is 32.2. The molecule has 0 saturated heterocycles. The molecule has 1 atom stereocenters. The van der Waals surface area contributed by atoms with Crippen molar-refractivity contribution in [3.63, 3.8) is 0 Å². The number of carbonyl (C=O) groups is 2. The van der Waals surface area contributed by atoms with E-state index in [1.54, 1.807) is 24.3 Å². The molecular formula is C14H18O4S. The van der Waals surface area contributed by atoms with Crippen molar-refractivity contribution in [2.45, 2.75) is 36.7 Å². The molecule has 0 saturated carbocycles. The second kappa shape index (κ2) is 7.31. The molecule has 4 nitrogen and oxygen atoms in total. The largest absolute Gasteiger partial charge is 0.467 e. The fraction of sp³-hybridized carbons (Fsp3) is 0.429. The van der Waals surface area contributed by atoms with E-state index < -0.39 is 16.7 Å². The van der Waals surface area contributed by atoms with Gasteiger partial charge in [0.1, 0.15) is 0 Å². The Balaban J connectivity index is 2.85. The van der Waals surface area contributed by atoms with Gasteiger partial charge < -0.3 is 9.84 Å². The minimum atomic E-state index is -2.06. The van der Waals surface area contributed by atoms with Crippen LogP contribution in [0.5, 0.6) is 0 Å². The SMILES string of the molecule is CCCC[C@@](O)(C(=O)OC)C(=O)Sc1ccccc1. The molecule has 19 heavy (non-hydrogen) atoms. The number of rotatable bonds is 6. The van der Waals surface area contributed by atoms with Crippen LogP contribution >= 0.6 is 11.8 Å². The Hall–Kier alpha value is -1.33. The number of hydrogen-bond donors (Lipinski definition) is 1. The fourth-order valence-electron chi connectivity index (χ4n) is 1.57. The number of benzene rings is 1. The summed E-state index contributed by atoms with van der Waals surface area (Å²) in [6.07, 6.45) is 1.43. The minimum absolute atomic E-state index is 0.0782. The minimum Gasteiger partial charge on any atom is -0.467 e. The third-order valence-corrected chi connectivity index (χ3v) is 3.74. The summed E-state index contributed by atoms with van der Waals surface area (Å²) in [4.78, 5) is 24.5. The molecule has 5 heteroatoms. The van der Waals surface area contributed by atoms with Crippen LogP contribution in [0, 0.1) is 0 Å². The molecule has 104 valence electrons. The molecule has 0 aromatic heterocycles. The second-order valence-electron chi connectivity index (χ2n) is 4.16. The lowest BCUT2D eigenvalue weighted by molar-refractivity contribution is -0.165. The van der Waals surface area contributed by atoms with Crippen molar-refractivity contribution in [1.29, 1.82) is 0 Å². The molecule has 0 spiro atoms. The van der Waals surface area contributed by atoms with Crippen molar-refractivity contribution in [2.75, 3.05) is 7.11 Å². The summed E-state index contributed by atoms with van der Waals surface area (Å²) in [7, 11) is 1.17. The highest BCUT2D eigenvalue weighted by Gasteiger charge is 2.44. The van der Waals surface area contributed by atoms with Crippen LogP contribution in [0.4, 0.5) is 0 Å². The van der Waals surface area contributed by atoms with Gasteiger partial charge in [0.25, 0.3) is 0 Å². The van der Waals surface area contributed by atoms with Gasteiger partial charge in [-0.25, -0.2) is 4.79 Å². The molecule has 0 unspecified atom stereocenters. The van der Waals surface area contributed by atoms with Crippen molar-refractivity contribution in [2.24, 2.45) is 0 Å². The summed E-state index contributed by atoms with van der Waals surface area (Å²) in [5.74, 6) is -0.894. The molecule has 1 aromatic rings. The highest BCUT2D eigenvalue weighted by Crippen LogP contribution is 2.28. The van der Waals surface area contributed by atoms with Crippen LogP contribution in [0.3, 0.4) is 0 Å². The van der Waals surface area contributed by atoms with Crippen LogP contribution in [0.1, 0.15) is 26.2 Å². The van der Waals surface area contributed by atoms with Gasteiger partial charge in [0.05, 0.1) is 7.11 Å². The molecule has 1 aromatic carbocycles. The Morgan fingerprint density at radius 3 is 2.47 bits per heavy atom. The fourth-order valence-corrected chi connectivity index (χ4v) is 2.43. The van der Waals surface area contributed by atoms with Crippen LogP contribution < -0.4 is 0 Å². The molecule has 0 amide bonds. The maximum atomic E-state index is 12.2. The lowest BCUT2D eigenvalue weighted by atomic mass is 9.98. The number of hydrogen-bond acceptors (Lipinski definition) is 5. The van der Waals surface area contributed by atoms with Gasteiger partial charge in [0.15, 0.2) is 0 Å². The number of unbranched alkanes of at least 4 members (excludes halogenated alkanes) is 1. The summed E-state index contributed by atoms with van der Waals surface area (Å²) in [6, 6.07) is 8.91. The van der Waals surface area contributed by atoms with Gasteiger partial charge in [-0.1, -0.05) is 31.5 Å². The molecule has 0 radical (unpaired) electrons. The number of methoxy groups -OCH3 is 1. The lowest BCUT2D eigenvalue weighted by Crippen LogP contribution is -2.46. The van der Waals surface area contributed by atoms with E-state index in [0.29, 0.717) is 11.3 Å². The van der Waals surface area contributed by atoms with E-state index in [0.717, 1.165) is 18.2 Å². The molecule has 0 aliphatic rings. The van der Waals surface area contributed by atoms with Gasteiger partial charge in [0.2, 0.25) is 10.7 Å². The molecule has 0 aliphatic heterocycles. The normalized spacial score (nSPS) is 13.6. The predicted molar refractivity (Wildman–Crippen MR) is 73.8 cm³/mol. The maximum Gasteiger partial charge on any atom is 0.346 e. The Morgan fingerprint density at radius 1 is 1.32 bits per heavy atom. The second-order valence-corrected chi connectivity index (χ2v) is 5.20. The number of thioether (sulfide) groups is 1. The predicted octanol–water partition coefficient (Wildman–Crippen LogP) is 2.40. The quantitative estimate of drug-likeness (QED) is 0.493. The Kier molecular flexibility index (Phi) is 6.05. The average molecular weight is 282 g/mol. The van der Waals surface area contributed by atoms with E-state index in [1.165, 1.54) is 7.11 Å². The first kappa shape index (κ1) is 15.7. The number of carbonyl (C=O) groups excluding carboxylic acids is 2. The van der Waals surface area contributed by atoms with Gasteiger partial charge >= 0.3 is 5.97 Å². The topological polar surface area (TPSA) is 63.6 Å². The van der Waals surface area contributed by atoms with E-state index >= 15 is 0 Å². The monoisotopic (exact) mass is 282 g/mol. The summed E-state index contributed by atoms with van der Waals surface area (Å²) in [6.45, 7) is 1.92. The molecule has 0 fully saturated rings. The summed E-state index contributed by atoms with van der Waals surface area (Å²) >= 11 is 0.855. The Labute approximate surface area is 117 Å². The van der Waals surface area contributed by atoms with Gasteiger partial charge in [0, 0.05) is 4.90 Å². The van der Waals surface area contributed by atoms with Crippen molar-refractivity contribution in [1.82, 2.24) is 0 Å². The molecule has 0 heterocycles. The highest BCUT2D eigenvalue weighted by molar-refractivity contribution is 8.14. The van der Waals surface area contributed by atoms with Gasteiger partial charge in [-0.3, -0.25) is 4.79 Å². The maximum absolute atomic E-state index is 12.2. The van der Waals surface area contributed by atoms with Crippen molar-refractivity contribution >= 4 is 22.8 Å². The summed E-state index contributed by atoms with van der Waals surface area (Å²) in [5.41, 5.74) is -2.06. The third kappa shape index (κ3) is 4.08. The molecule has 1 N–H and O–H groups in total. The van der Waals surface area contributed by atoms with Gasteiger partial charge in [-0.15, -0.1) is 0 Å². The van der Waals surface area contributed by atoms with Crippen LogP contribution in [-0.2, 0) is 14.3 Å². The van der Waals surface area contributed by atoms with Crippen LogP contribution in [0.25, 0.3) is 0 Å². The number of ether oxygens (including phenoxy) is 1. The van der Waals surface area contributed by atoms with Gasteiger partial charge in [-0.2, -0.15) is 0 Å². The first-order valence-corrected chi connectivity index (χ1v) is 6.94. The van der Waals surface area contributed by atoms with E-state index in [-0.39, 0.29) is 6.42 Å². The first-order valence-electron chi connectivity index (χ1n) is 6.12. The zero-order valence-electron chi connectivity index (χ0n) is 11.1. The van der Waals surface area contributed by atoms with Gasteiger partial charge in [-0.05, 0) is 36.7 Å². The Morgan fingerprint density at radius 2 is 1.95 bits per heavy atom. The number of aliphatic hydroxyl groups is 1. The molecular weight excluding hydrogens is 264 g/mol. The Bertz CT molecular complexity index is 432. The standard InChI is InChI=1S/C14H18O4S/c1-3-4-10-14(17,12(15)18-2)13(16)19-11-8-6-5-7-9-11/h5-9,17H,3-4,10H2,1-2H3/t14-/m1/s1. The summed E-state index contributed by atoms with van der Waals surface area (Å²) < 4.78 is 4.55. The average Bonchev–Trinajstić information content (AvgIpc) is 2.44. The zero-order valence-corrected chi connectivity index (χ0v) is 11.9. The van der Waals surface area contributed by atoms with Crippen molar-refractivity contribution in [3.8, 4) is 0 Å². The van der Waals surface area contributed by atoms with Crippen LogP contribution in [0.2, 0.25) is 0 Å². The lowest BCUT2D eigenvalue weighted by Gasteiger charge is -2.22. The van der Waals surface area contributed by atoms with Crippen molar-refractivity contribution < 1.29 is 19.4 Å². The summed E-state index contributed by atoms with van der Waals surface area (Å²) in [5, 5.41) is 9.70. The van der Waals surface area contributed by atoms with Crippen molar-refractivity contribution in [3.05, 3.63) is 30.3 Å². The van der Waals surface area contributed by atoms with Crippen LogP contribution in [-0.4, -0.2) is 28.9 Å². The molecule has 0 bridgehead atoms.